The summed E-state index contributed by atoms with van der Waals surface area (Å²) in [6.07, 6.45) is 4.17. The quantitative estimate of drug-likeness (QED) is 0.472. The van der Waals surface area contributed by atoms with Crippen molar-refractivity contribution in [1.82, 2.24) is 14.9 Å². The SMILES string of the molecule is O=[N+]([O-])c1cc(/C=N/n2cncn2)ccc1Cl. The highest BCUT2D eigenvalue weighted by atomic mass is 35.5. The zero-order valence-electron chi connectivity index (χ0n) is 8.39. The molecule has 0 saturated carbocycles. The van der Waals surface area contributed by atoms with E-state index in [1.165, 1.54) is 35.8 Å². The molecule has 1 aromatic carbocycles. The van der Waals surface area contributed by atoms with Crippen LogP contribution in [0.25, 0.3) is 0 Å². The number of rotatable bonds is 3. The number of nitro benzene ring substituents is 1. The summed E-state index contributed by atoms with van der Waals surface area (Å²) in [7, 11) is 0. The molecule has 0 spiro atoms. The third kappa shape index (κ3) is 2.64. The molecule has 0 N–H and O–H groups in total. The van der Waals surface area contributed by atoms with E-state index in [1.54, 1.807) is 6.07 Å². The van der Waals surface area contributed by atoms with Crippen LogP contribution in [0, 0.1) is 10.1 Å². The fraction of sp³-hybridized carbons (Fsp3) is 0. The second kappa shape index (κ2) is 4.71. The molecule has 0 radical (unpaired) electrons. The summed E-state index contributed by atoms with van der Waals surface area (Å²) in [5.74, 6) is 0. The van der Waals surface area contributed by atoms with Gasteiger partial charge in [0.25, 0.3) is 5.69 Å². The fourth-order valence-electron chi connectivity index (χ4n) is 1.14. The van der Waals surface area contributed by atoms with Crippen molar-refractivity contribution in [3.8, 4) is 0 Å². The van der Waals surface area contributed by atoms with Crippen molar-refractivity contribution in [3.05, 3.63) is 51.6 Å². The van der Waals surface area contributed by atoms with E-state index in [1.807, 2.05) is 0 Å². The molecule has 0 aliphatic carbocycles. The topological polar surface area (TPSA) is 86.2 Å². The Bertz CT molecular complexity index is 567. The van der Waals surface area contributed by atoms with Gasteiger partial charge >= 0.3 is 0 Å². The Kier molecular flexibility index (Phi) is 3.10. The molecule has 2 rings (SSSR count). The number of hydrogen-bond acceptors (Lipinski definition) is 5. The van der Waals surface area contributed by atoms with Crippen molar-refractivity contribution in [2.45, 2.75) is 0 Å². The van der Waals surface area contributed by atoms with Crippen LogP contribution >= 0.6 is 11.6 Å². The molecule has 0 saturated heterocycles. The van der Waals surface area contributed by atoms with Crippen LogP contribution in [0.5, 0.6) is 0 Å². The lowest BCUT2D eigenvalue weighted by Crippen LogP contribution is -1.93. The Morgan fingerprint density at radius 3 is 3.00 bits per heavy atom. The number of benzene rings is 1. The standard InChI is InChI=1S/C9H6ClN5O2/c10-8-2-1-7(3-9(8)15(16)17)4-12-14-6-11-5-13-14/h1-6H/b12-4+. The Hall–Kier alpha value is -2.28. The van der Waals surface area contributed by atoms with Gasteiger partial charge in [0.15, 0.2) is 0 Å². The summed E-state index contributed by atoms with van der Waals surface area (Å²) in [6.45, 7) is 0. The van der Waals surface area contributed by atoms with Gasteiger partial charge in [0, 0.05) is 11.6 Å². The number of hydrogen-bond donors (Lipinski definition) is 0. The molecule has 2 aromatic rings. The molecule has 1 aromatic heterocycles. The first kappa shape index (κ1) is 11.2. The fourth-order valence-corrected chi connectivity index (χ4v) is 1.32. The second-order valence-electron chi connectivity index (χ2n) is 3.03. The number of aromatic nitrogens is 3. The minimum atomic E-state index is -0.546. The summed E-state index contributed by atoms with van der Waals surface area (Å²) in [5, 5.41) is 18.4. The summed E-state index contributed by atoms with van der Waals surface area (Å²) < 4.78 is 0. The second-order valence-corrected chi connectivity index (χ2v) is 3.44. The lowest BCUT2D eigenvalue weighted by Gasteiger charge is -1.96. The smallest absolute Gasteiger partial charge is 0.258 e. The molecule has 0 fully saturated rings. The van der Waals surface area contributed by atoms with Gasteiger partial charge in [0.05, 0.1) is 11.1 Å². The lowest BCUT2D eigenvalue weighted by molar-refractivity contribution is -0.384. The van der Waals surface area contributed by atoms with Crippen LogP contribution in [0.4, 0.5) is 5.69 Å². The maximum absolute atomic E-state index is 10.7. The minimum Gasteiger partial charge on any atom is -0.258 e. The van der Waals surface area contributed by atoms with E-state index in [0.717, 1.165) is 0 Å². The summed E-state index contributed by atoms with van der Waals surface area (Å²) >= 11 is 5.68. The van der Waals surface area contributed by atoms with E-state index in [0.29, 0.717) is 5.56 Å². The van der Waals surface area contributed by atoms with E-state index < -0.39 is 4.92 Å². The van der Waals surface area contributed by atoms with Crippen molar-refractivity contribution in [2.24, 2.45) is 5.10 Å². The predicted molar refractivity (Wildman–Crippen MR) is 61.1 cm³/mol. The highest BCUT2D eigenvalue weighted by molar-refractivity contribution is 6.32. The first-order chi connectivity index (χ1) is 8.16. The monoisotopic (exact) mass is 251 g/mol. The minimum absolute atomic E-state index is 0.0907. The molecular formula is C9H6ClN5O2. The normalized spacial score (nSPS) is 10.9. The van der Waals surface area contributed by atoms with Gasteiger partial charge in [0.2, 0.25) is 0 Å². The zero-order valence-corrected chi connectivity index (χ0v) is 9.15. The van der Waals surface area contributed by atoms with Crippen molar-refractivity contribution in [2.75, 3.05) is 0 Å². The Labute approximate surface area is 101 Å². The van der Waals surface area contributed by atoms with Crippen molar-refractivity contribution < 1.29 is 4.92 Å². The van der Waals surface area contributed by atoms with Crippen LogP contribution in [0.1, 0.15) is 5.56 Å². The Morgan fingerprint density at radius 1 is 1.53 bits per heavy atom. The lowest BCUT2D eigenvalue weighted by atomic mass is 10.2. The maximum Gasteiger partial charge on any atom is 0.288 e. The molecule has 1 heterocycles. The van der Waals surface area contributed by atoms with E-state index in [-0.39, 0.29) is 10.7 Å². The first-order valence-electron chi connectivity index (χ1n) is 4.50. The molecule has 17 heavy (non-hydrogen) atoms. The van der Waals surface area contributed by atoms with E-state index in [4.69, 9.17) is 11.6 Å². The van der Waals surface area contributed by atoms with Crippen molar-refractivity contribution in [1.29, 1.82) is 0 Å². The molecule has 0 aliphatic heterocycles. The van der Waals surface area contributed by atoms with Gasteiger partial charge in [-0.3, -0.25) is 10.1 Å². The average Bonchev–Trinajstić information content (AvgIpc) is 2.80. The van der Waals surface area contributed by atoms with Crippen LogP contribution < -0.4 is 0 Å². The molecule has 0 amide bonds. The molecule has 7 nitrogen and oxygen atoms in total. The first-order valence-corrected chi connectivity index (χ1v) is 4.87. The van der Waals surface area contributed by atoms with Gasteiger partial charge < -0.3 is 0 Å². The summed E-state index contributed by atoms with van der Waals surface area (Å²) in [4.78, 5) is 15.0. The third-order valence-corrected chi connectivity index (χ3v) is 2.22. The van der Waals surface area contributed by atoms with Gasteiger partial charge in [-0.1, -0.05) is 17.7 Å². The van der Waals surface area contributed by atoms with Gasteiger partial charge in [-0.2, -0.15) is 5.10 Å². The van der Waals surface area contributed by atoms with E-state index >= 15 is 0 Å². The van der Waals surface area contributed by atoms with Crippen LogP contribution in [-0.2, 0) is 0 Å². The highest BCUT2D eigenvalue weighted by Crippen LogP contribution is 2.24. The molecule has 0 bridgehead atoms. The van der Waals surface area contributed by atoms with E-state index in [2.05, 4.69) is 15.2 Å². The molecule has 8 heteroatoms. The molecular weight excluding hydrogens is 246 g/mol. The maximum atomic E-state index is 10.7. The van der Waals surface area contributed by atoms with E-state index in [9.17, 15) is 10.1 Å². The Morgan fingerprint density at radius 2 is 2.35 bits per heavy atom. The van der Waals surface area contributed by atoms with Crippen LogP contribution in [0.15, 0.2) is 36.0 Å². The van der Waals surface area contributed by atoms with Gasteiger partial charge in [-0.15, -0.1) is 9.89 Å². The summed E-state index contributed by atoms with van der Waals surface area (Å²) in [5.41, 5.74) is 0.394. The number of halogens is 1. The van der Waals surface area contributed by atoms with Crippen molar-refractivity contribution in [3.63, 3.8) is 0 Å². The average molecular weight is 252 g/mol. The highest BCUT2D eigenvalue weighted by Gasteiger charge is 2.11. The zero-order chi connectivity index (χ0) is 12.3. The largest absolute Gasteiger partial charge is 0.288 e. The molecule has 0 unspecified atom stereocenters. The van der Waals surface area contributed by atoms with Gasteiger partial charge in [0.1, 0.15) is 17.7 Å². The number of nitro groups is 1. The summed E-state index contributed by atoms with van der Waals surface area (Å²) in [6, 6.07) is 4.40. The van der Waals surface area contributed by atoms with Crippen LogP contribution in [-0.4, -0.2) is 26.0 Å². The van der Waals surface area contributed by atoms with Crippen LogP contribution in [0.2, 0.25) is 5.02 Å². The Balaban J connectivity index is 2.28. The van der Waals surface area contributed by atoms with Crippen LogP contribution in [0.3, 0.4) is 0 Å². The number of nitrogens with zero attached hydrogens (tertiary/aromatic N) is 5. The van der Waals surface area contributed by atoms with Gasteiger partial charge in [-0.05, 0) is 6.07 Å². The molecule has 0 atom stereocenters. The third-order valence-electron chi connectivity index (χ3n) is 1.90. The van der Waals surface area contributed by atoms with Gasteiger partial charge in [-0.25, -0.2) is 4.98 Å². The van der Waals surface area contributed by atoms with Crippen molar-refractivity contribution >= 4 is 23.5 Å². The molecule has 86 valence electrons. The predicted octanol–water partition coefficient (Wildman–Crippen LogP) is 1.72. The molecule has 0 aliphatic rings.